The summed E-state index contributed by atoms with van der Waals surface area (Å²) in [5.74, 6) is 2.68. The van der Waals surface area contributed by atoms with E-state index in [0.29, 0.717) is 0 Å². The van der Waals surface area contributed by atoms with Crippen LogP contribution in [-0.2, 0) is 6.42 Å². The van der Waals surface area contributed by atoms with Gasteiger partial charge in [-0.15, -0.1) is 12.3 Å². The first kappa shape index (κ1) is 11.9. The summed E-state index contributed by atoms with van der Waals surface area (Å²) in [6.07, 6.45) is 12.4. The second-order valence-corrected chi connectivity index (χ2v) is 4.10. The Morgan fingerprint density at radius 1 is 1.00 bits per heavy atom. The van der Waals surface area contributed by atoms with Crippen molar-refractivity contribution < 1.29 is 0 Å². The van der Waals surface area contributed by atoms with Gasteiger partial charge in [0.25, 0.3) is 0 Å². The van der Waals surface area contributed by atoms with E-state index < -0.39 is 0 Å². The summed E-state index contributed by atoms with van der Waals surface area (Å²) in [5, 5.41) is 0. The third-order valence-electron chi connectivity index (χ3n) is 2.66. The summed E-state index contributed by atoms with van der Waals surface area (Å²) in [5.41, 5.74) is 2.80. The number of aryl methyl sites for hydroxylation is 2. The Labute approximate surface area is 93.7 Å². The molecule has 0 N–H and O–H groups in total. The van der Waals surface area contributed by atoms with Gasteiger partial charge in [0.1, 0.15) is 0 Å². The van der Waals surface area contributed by atoms with Gasteiger partial charge in [-0.3, -0.25) is 0 Å². The first-order chi connectivity index (χ1) is 7.33. The molecule has 0 bridgehead atoms. The minimum absolute atomic E-state index is 0.935. The lowest BCUT2D eigenvalue weighted by atomic mass is 10.0. The van der Waals surface area contributed by atoms with Gasteiger partial charge in [0.15, 0.2) is 0 Å². The highest BCUT2D eigenvalue weighted by Gasteiger charge is 1.93. The van der Waals surface area contributed by atoms with E-state index in [1.807, 2.05) is 0 Å². The lowest BCUT2D eigenvalue weighted by molar-refractivity contribution is 0.650. The maximum atomic E-state index is 5.20. The molecule has 0 aliphatic carbocycles. The molecule has 0 spiro atoms. The quantitative estimate of drug-likeness (QED) is 0.478. The van der Waals surface area contributed by atoms with E-state index in [1.165, 1.54) is 43.2 Å². The lowest BCUT2D eigenvalue weighted by Gasteiger charge is -2.01. The van der Waals surface area contributed by atoms with Crippen LogP contribution in [0.2, 0.25) is 0 Å². The molecule has 80 valence electrons. The maximum Gasteiger partial charge on any atom is 0.00860 e. The van der Waals surface area contributed by atoms with Gasteiger partial charge >= 0.3 is 0 Å². The molecule has 0 radical (unpaired) electrons. The van der Waals surface area contributed by atoms with Crippen LogP contribution in [0.1, 0.15) is 43.2 Å². The zero-order chi connectivity index (χ0) is 10.9. The Morgan fingerprint density at radius 3 is 2.33 bits per heavy atom. The topological polar surface area (TPSA) is 0 Å². The highest BCUT2D eigenvalue weighted by Crippen LogP contribution is 2.09. The molecule has 1 aromatic rings. The zero-order valence-corrected chi connectivity index (χ0v) is 9.63. The molecule has 0 aliphatic heterocycles. The zero-order valence-electron chi connectivity index (χ0n) is 9.63. The normalized spacial score (nSPS) is 9.87. The van der Waals surface area contributed by atoms with Crippen molar-refractivity contribution in [3.63, 3.8) is 0 Å². The van der Waals surface area contributed by atoms with Crippen molar-refractivity contribution in [3.05, 3.63) is 35.4 Å². The highest BCUT2D eigenvalue weighted by atomic mass is 14.0. The molecule has 0 heterocycles. The average molecular weight is 200 g/mol. The van der Waals surface area contributed by atoms with Gasteiger partial charge in [-0.2, -0.15) is 0 Å². The van der Waals surface area contributed by atoms with Crippen molar-refractivity contribution in [2.24, 2.45) is 0 Å². The monoisotopic (exact) mass is 200 g/mol. The molecule has 0 heteroatoms. The fourth-order valence-electron chi connectivity index (χ4n) is 1.66. The third-order valence-corrected chi connectivity index (χ3v) is 2.66. The summed E-state index contributed by atoms with van der Waals surface area (Å²) in [4.78, 5) is 0. The van der Waals surface area contributed by atoms with E-state index in [-0.39, 0.29) is 0 Å². The summed E-state index contributed by atoms with van der Waals surface area (Å²) >= 11 is 0. The molecule has 15 heavy (non-hydrogen) atoms. The van der Waals surface area contributed by atoms with Crippen molar-refractivity contribution in [2.75, 3.05) is 0 Å². The van der Waals surface area contributed by atoms with E-state index in [0.717, 1.165) is 6.42 Å². The van der Waals surface area contributed by atoms with Crippen LogP contribution in [0.5, 0.6) is 0 Å². The Hall–Kier alpha value is -1.22. The Kier molecular flexibility index (Phi) is 5.63. The van der Waals surface area contributed by atoms with E-state index in [4.69, 9.17) is 6.42 Å². The average Bonchev–Trinajstić information content (AvgIpc) is 2.26. The summed E-state index contributed by atoms with van der Waals surface area (Å²) in [6.45, 7) is 2.13. The lowest BCUT2D eigenvalue weighted by Crippen LogP contribution is -1.86. The molecule has 0 unspecified atom stereocenters. The van der Waals surface area contributed by atoms with Crippen molar-refractivity contribution >= 4 is 0 Å². The summed E-state index contributed by atoms with van der Waals surface area (Å²) < 4.78 is 0. The van der Waals surface area contributed by atoms with Crippen LogP contribution < -0.4 is 0 Å². The minimum Gasteiger partial charge on any atom is -0.120 e. The highest BCUT2D eigenvalue weighted by molar-refractivity contribution is 5.21. The molecule has 0 aromatic heterocycles. The van der Waals surface area contributed by atoms with Crippen LogP contribution in [0, 0.1) is 19.3 Å². The van der Waals surface area contributed by atoms with Gasteiger partial charge in [-0.1, -0.05) is 42.7 Å². The van der Waals surface area contributed by atoms with Gasteiger partial charge in [0, 0.05) is 6.42 Å². The molecule has 0 saturated carbocycles. The Bertz CT molecular complexity index is 300. The van der Waals surface area contributed by atoms with Crippen LogP contribution in [0.3, 0.4) is 0 Å². The predicted octanol–water partition coefficient (Wildman–Crippen LogP) is 4.12. The standard InChI is InChI=1S/C15H20/c1-3-4-5-6-7-8-9-15-12-10-14(2)11-13-15/h1,10-13H,4-9H2,2H3. The van der Waals surface area contributed by atoms with Crippen molar-refractivity contribution in [3.8, 4) is 12.3 Å². The van der Waals surface area contributed by atoms with Crippen molar-refractivity contribution in [2.45, 2.75) is 45.4 Å². The molecule has 0 aliphatic rings. The largest absolute Gasteiger partial charge is 0.120 e. The fourth-order valence-corrected chi connectivity index (χ4v) is 1.66. The molecule has 1 aromatic carbocycles. The minimum atomic E-state index is 0.935. The fraction of sp³-hybridized carbons (Fsp3) is 0.467. The van der Waals surface area contributed by atoms with Gasteiger partial charge in [-0.05, 0) is 31.7 Å². The molecule has 0 atom stereocenters. The van der Waals surface area contributed by atoms with Crippen molar-refractivity contribution in [1.29, 1.82) is 0 Å². The van der Waals surface area contributed by atoms with Crippen molar-refractivity contribution in [1.82, 2.24) is 0 Å². The first-order valence-corrected chi connectivity index (χ1v) is 5.82. The van der Waals surface area contributed by atoms with Gasteiger partial charge in [0.05, 0.1) is 0 Å². The molecule has 1 rings (SSSR count). The van der Waals surface area contributed by atoms with Crippen LogP contribution >= 0.6 is 0 Å². The van der Waals surface area contributed by atoms with Crippen LogP contribution in [0.15, 0.2) is 24.3 Å². The second-order valence-electron chi connectivity index (χ2n) is 4.10. The number of unbranched alkanes of at least 4 members (excludes halogenated alkanes) is 4. The van der Waals surface area contributed by atoms with E-state index in [1.54, 1.807) is 0 Å². The Balaban J connectivity index is 2.10. The van der Waals surface area contributed by atoms with Crippen LogP contribution in [0.25, 0.3) is 0 Å². The van der Waals surface area contributed by atoms with Gasteiger partial charge < -0.3 is 0 Å². The summed E-state index contributed by atoms with van der Waals surface area (Å²) in [7, 11) is 0. The SMILES string of the molecule is C#CCCCCCCc1ccc(C)cc1. The van der Waals surface area contributed by atoms with Gasteiger partial charge in [0.2, 0.25) is 0 Å². The Morgan fingerprint density at radius 2 is 1.67 bits per heavy atom. The van der Waals surface area contributed by atoms with E-state index in [2.05, 4.69) is 37.1 Å². The number of rotatable bonds is 6. The summed E-state index contributed by atoms with van der Waals surface area (Å²) in [6, 6.07) is 8.84. The third kappa shape index (κ3) is 5.27. The molecular formula is C15H20. The molecule has 0 fully saturated rings. The predicted molar refractivity (Wildman–Crippen MR) is 66.8 cm³/mol. The molecule has 0 nitrogen and oxygen atoms in total. The second kappa shape index (κ2) is 7.12. The van der Waals surface area contributed by atoms with Crippen LogP contribution in [-0.4, -0.2) is 0 Å². The molecule has 0 saturated heterocycles. The number of terminal acetylenes is 1. The maximum absolute atomic E-state index is 5.20. The number of benzene rings is 1. The smallest absolute Gasteiger partial charge is 0.00860 e. The van der Waals surface area contributed by atoms with Crippen LogP contribution in [0.4, 0.5) is 0 Å². The van der Waals surface area contributed by atoms with E-state index >= 15 is 0 Å². The van der Waals surface area contributed by atoms with E-state index in [9.17, 15) is 0 Å². The van der Waals surface area contributed by atoms with Gasteiger partial charge in [-0.25, -0.2) is 0 Å². The molecule has 0 amide bonds. The number of hydrogen-bond donors (Lipinski definition) is 0. The molecular weight excluding hydrogens is 180 g/mol. The first-order valence-electron chi connectivity index (χ1n) is 5.82. The number of hydrogen-bond acceptors (Lipinski definition) is 0.